The number of benzene rings is 2. The molecule has 0 bridgehead atoms. The Morgan fingerprint density at radius 2 is 1.78 bits per heavy atom. The predicted octanol–water partition coefficient (Wildman–Crippen LogP) is 3.63. The molecule has 0 spiro atoms. The summed E-state index contributed by atoms with van der Waals surface area (Å²) in [5, 5.41) is 11.3. The molecular formula is C17H14ClN3O2. The van der Waals surface area contributed by atoms with E-state index < -0.39 is 0 Å². The lowest BCUT2D eigenvalue weighted by molar-refractivity contribution is 0.0947. The minimum absolute atomic E-state index is 0.174. The van der Waals surface area contributed by atoms with Crippen molar-refractivity contribution in [1.82, 2.24) is 15.5 Å². The Morgan fingerprint density at radius 1 is 1.09 bits per heavy atom. The fraction of sp³-hybridized carbons (Fsp3) is 0.118. The van der Waals surface area contributed by atoms with E-state index in [1.807, 2.05) is 19.1 Å². The van der Waals surface area contributed by atoms with Crippen LogP contribution in [0.1, 0.15) is 21.8 Å². The Kier molecular flexibility index (Phi) is 4.39. The maximum Gasteiger partial charge on any atom is 0.251 e. The van der Waals surface area contributed by atoms with E-state index in [-0.39, 0.29) is 12.5 Å². The van der Waals surface area contributed by atoms with Crippen molar-refractivity contribution < 1.29 is 9.21 Å². The van der Waals surface area contributed by atoms with E-state index in [1.165, 1.54) is 0 Å². The molecule has 0 aliphatic carbocycles. The number of carbonyl (C=O) groups excluding carboxylic acids is 1. The average molecular weight is 328 g/mol. The fourth-order valence-electron chi connectivity index (χ4n) is 2.00. The summed E-state index contributed by atoms with van der Waals surface area (Å²) >= 11 is 5.84. The number of carbonyl (C=O) groups is 1. The van der Waals surface area contributed by atoms with Crippen LogP contribution in [0.4, 0.5) is 0 Å². The van der Waals surface area contributed by atoms with Crippen molar-refractivity contribution in [2.24, 2.45) is 0 Å². The number of nitrogens with zero attached hydrogens (tertiary/aromatic N) is 2. The second kappa shape index (κ2) is 6.62. The average Bonchev–Trinajstić information content (AvgIpc) is 3.03. The Morgan fingerprint density at radius 3 is 2.48 bits per heavy atom. The zero-order valence-electron chi connectivity index (χ0n) is 12.4. The van der Waals surface area contributed by atoms with Gasteiger partial charge < -0.3 is 9.73 Å². The Hall–Kier alpha value is -2.66. The molecular weight excluding hydrogens is 314 g/mol. The van der Waals surface area contributed by atoms with Crippen molar-refractivity contribution >= 4 is 17.5 Å². The van der Waals surface area contributed by atoms with Gasteiger partial charge in [-0.15, -0.1) is 10.2 Å². The zero-order chi connectivity index (χ0) is 16.2. The maximum absolute atomic E-state index is 12.0. The quantitative estimate of drug-likeness (QED) is 0.794. The van der Waals surface area contributed by atoms with E-state index in [0.29, 0.717) is 22.4 Å². The van der Waals surface area contributed by atoms with E-state index in [0.717, 1.165) is 11.1 Å². The maximum atomic E-state index is 12.0. The van der Waals surface area contributed by atoms with Gasteiger partial charge in [-0.2, -0.15) is 0 Å². The SMILES string of the molecule is Cc1ccc(C(=O)NCc2nnc(-c3ccc(Cl)cc3)o2)cc1. The molecule has 0 unspecified atom stereocenters. The van der Waals surface area contributed by atoms with Gasteiger partial charge in [0.15, 0.2) is 0 Å². The van der Waals surface area contributed by atoms with Gasteiger partial charge in [0, 0.05) is 16.1 Å². The molecule has 1 N–H and O–H groups in total. The first-order valence-electron chi connectivity index (χ1n) is 7.05. The van der Waals surface area contributed by atoms with Gasteiger partial charge in [-0.3, -0.25) is 4.79 Å². The third-order valence-electron chi connectivity index (χ3n) is 3.27. The minimum atomic E-state index is -0.184. The summed E-state index contributed by atoms with van der Waals surface area (Å²) in [5.41, 5.74) is 2.47. The number of aryl methyl sites for hydroxylation is 1. The number of rotatable bonds is 4. The number of halogens is 1. The number of nitrogens with one attached hydrogen (secondary N) is 1. The summed E-state index contributed by atoms with van der Waals surface area (Å²) in [7, 11) is 0. The van der Waals surface area contributed by atoms with Crippen LogP contribution in [-0.4, -0.2) is 16.1 Å². The molecule has 116 valence electrons. The number of amides is 1. The normalized spacial score (nSPS) is 10.5. The van der Waals surface area contributed by atoms with Crippen LogP contribution in [0.3, 0.4) is 0 Å². The van der Waals surface area contributed by atoms with E-state index in [9.17, 15) is 4.79 Å². The second-order valence-corrected chi connectivity index (χ2v) is 5.49. The van der Waals surface area contributed by atoms with Crippen molar-refractivity contribution in [3.8, 4) is 11.5 Å². The highest BCUT2D eigenvalue weighted by Crippen LogP contribution is 2.20. The fourth-order valence-corrected chi connectivity index (χ4v) is 2.12. The molecule has 0 atom stereocenters. The Bertz CT molecular complexity index is 811. The van der Waals surface area contributed by atoms with Gasteiger partial charge in [0.25, 0.3) is 5.91 Å². The summed E-state index contributed by atoms with van der Waals surface area (Å²) in [4.78, 5) is 12.0. The van der Waals surface area contributed by atoms with Crippen LogP contribution in [-0.2, 0) is 6.54 Å². The van der Waals surface area contributed by atoms with Crippen LogP contribution in [0.5, 0.6) is 0 Å². The molecule has 5 nitrogen and oxygen atoms in total. The molecule has 3 rings (SSSR count). The van der Waals surface area contributed by atoms with Crippen LogP contribution in [0.2, 0.25) is 5.02 Å². The van der Waals surface area contributed by atoms with E-state index >= 15 is 0 Å². The van der Waals surface area contributed by atoms with Crippen molar-refractivity contribution in [3.63, 3.8) is 0 Å². The van der Waals surface area contributed by atoms with E-state index in [2.05, 4.69) is 15.5 Å². The molecule has 23 heavy (non-hydrogen) atoms. The summed E-state index contributed by atoms with van der Waals surface area (Å²) in [5.74, 6) is 0.549. The van der Waals surface area contributed by atoms with Gasteiger partial charge in [0.2, 0.25) is 11.8 Å². The molecule has 2 aromatic carbocycles. The lowest BCUT2D eigenvalue weighted by atomic mass is 10.1. The first-order valence-corrected chi connectivity index (χ1v) is 7.43. The smallest absolute Gasteiger partial charge is 0.251 e. The van der Waals surface area contributed by atoms with Gasteiger partial charge in [-0.25, -0.2) is 0 Å². The standard InChI is InChI=1S/C17H14ClN3O2/c1-11-2-4-12(5-3-11)16(22)19-10-15-20-21-17(23-15)13-6-8-14(18)9-7-13/h2-9H,10H2,1H3,(H,19,22). The lowest BCUT2D eigenvalue weighted by Crippen LogP contribution is -2.22. The van der Waals surface area contributed by atoms with Crippen molar-refractivity contribution in [2.45, 2.75) is 13.5 Å². The van der Waals surface area contributed by atoms with E-state index in [4.69, 9.17) is 16.0 Å². The first-order chi connectivity index (χ1) is 11.1. The molecule has 0 fully saturated rings. The molecule has 6 heteroatoms. The monoisotopic (exact) mass is 327 g/mol. The number of hydrogen-bond acceptors (Lipinski definition) is 4. The molecule has 0 saturated carbocycles. The Labute approximate surface area is 138 Å². The lowest BCUT2D eigenvalue weighted by Gasteiger charge is -2.02. The molecule has 1 amide bonds. The summed E-state index contributed by atoms with van der Waals surface area (Å²) < 4.78 is 5.53. The van der Waals surface area contributed by atoms with Gasteiger partial charge in [0.05, 0.1) is 6.54 Å². The molecule has 0 radical (unpaired) electrons. The third-order valence-corrected chi connectivity index (χ3v) is 3.52. The highest BCUT2D eigenvalue weighted by Gasteiger charge is 2.10. The Balaban J connectivity index is 1.64. The van der Waals surface area contributed by atoms with Crippen molar-refractivity contribution in [1.29, 1.82) is 0 Å². The van der Waals surface area contributed by atoms with Gasteiger partial charge >= 0.3 is 0 Å². The van der Waals surface area contributed by atoms with Crippen LogP contribution in [0, 0.1) is 6.92 Å². The molecule has 0 saturated heterocycles. The molecule has 1 heterocycles. The van der Waals surface area contributed by atoms with Crippen LogP contribution < -0.4 is 5.32 Å². The van der Waals surface area contributed by atoms with Crippen LogP contribution in [0.15, 0.2) is 52.9 Å². The van der Waals surface area contributed by atoms with E-state index in [1.54, 1.807) is 36.4 Å². The third kappa shape index (κ3) is 3.76. The van der Waals surface area contributed by atoms with Crippen LogP contribution >= 0.6 is 11.6 Å². The van der Waals surface area contributed by atoms with Crippen molar-refractivity contribution in [3.05, 3.63) is 70.6 Å². The minimum Gasteiger partial charge on any atom is -0.419 e. The highest BCUT2D eigenvalue weighted by molar-refractivity contribution is 6.30. The first kappa shape index (κ1) is 15.2. The van der Waals surface area contributed by atoms with Gasteiger partial charge in [0.1, 0.15) is 0 Å². The van der Waals surface area contributed by atoms with Crippen molar-refractivity contribution in [2.75, 3.05) is 0 Å². The number of hydrogen-bond donors (Lipinski definition) is 1. The number of aromatic nitrogens is 2. The highest BCUT2D eigenvalue weighted by atomic mass is 35.5. The van der Waals surface area contributed by atoms with Gasteiger partial charge in [-0.1, -0.05) is 29.3 Å². The summed E-state index contributed by atoms with van der Waals surface area (Å²) in [6, 6.07) is 14.4. The molecule has 1 aromatic heterocycles. The van der Waals surface area contributed by atoms with Crippen LogP contribution in [0.25, 0.3) is 11.5 Å². The summed E-state index contributed by atoms with van der Waals surface area (Å²) in [6.07, 6.45) is 0. The predicted molar refractivity (Wildman–Crippen MR) is 87.1 cm³/mol. The van der Waals surface area contributed by atoms with Gasteiger partial charge in [-0.05, 0) is 43.3 Å². The molecule has 3 aromatic rings. The second-order valence-electron chi connectivity index (χ2n) is 5.06. The molecule has 0 aliphatic rings. The zero-order valence-corrected chi connectivity index (χ0v) is 13.2. The summed E-state index contributed by atoms with van der Waals surface area (Å²) in [6.45, 7) is 2.14. The topological polar surface area (TPSA) is 68.0 Å². The largest absolute Gasteiger partial charge is 0.419 e. The molecule has 0 aliphatic heterocycles.